The Balaban J connectivity index is 1.52. The number of amides is 3. The molecule has 2 N–H and O–H groups in total. The molecule has 1 aliphatic heterocycles. The fraction of sp³-hybridized carbons (Fsp3) is 0.429. The van der Waals surface area contributed by atoms with Crippen molar-refractivity contribution >= 4 is 28.8 Å². The van der Waals surface area contributed by atoms with Crippen LogP contribution in [0.4, 0.5) is 4.79 Å². The first kappa shape index (κ1) is 26.3. The number of benzene rings is 2. The van der Waals surface area contributed by atoms with Crippen molar-refractivity contribution < 1.29 is 23.5 Å². The Labute approximate surface area is 216 Å². The van der Waals surface area contributed by atoms with Gasteiger partial charge in [-0.25, -0.2) is 9.78 Å². The number of ketones is 1. The second-order valence-corrected chi connectivity index (χ2v) is 9.67. The highest BCUT2D eigenvalue weighted by Gasteiger charge is 2.31. The number of carbonyl (C=O) groups is 3. The summed E-state index contributed by atoms with van der Waals surface area (Å²) in [5, 5.41) is 5.76. The highest BCUT2D eigenvalue weighted by Crippen LogP contribution is 2.18. The Hall–Kier alpha value is -3.72. The molecule has 3 aromatic rings. The number of ether oxygens (including phenoxy) is 1. The van der Waals surface area contributed by atoms with Crippen LogP contribution in [0.15, 0.2) is 59.0 Å². The standard InChI is InChI=1S/C28H34N4O5/c1-19(2)18-23(31-28(35)32-14-16-36-17-15-32)26(34)29-22(13-12-20-8-4-3-5-9-20)25(33)27-30-21-10-6-7-11-24(21)37-27/h3-11,19,22-23H,12-18H2,1-2H3,(H,29,34)(H,31,35)/t22-,23+/m1/s1. The number of hydrogen-bond donors (Lipinski definition) is 2. The number of hydrogen-bond acceptors (Lipinski definition) is 6. The van der Waals surface area contributed by atoms with Crippen molar-refractivity contribution in [2.24, 2.45) is 5.92 Å². The number of aryl methyl sites for hydroxylation is 1. The minimum atomic E-state index is -0.865. The molecule has 9 nitrogen and oxygen atoms in total. The largest absolute Gasteiger partial charge is 0.434 e. The predicted octanol–water partition coefficient (Wildman–Crippen LogP) is 3.58. The summed E-state index contributed by atoms with van der Waals surface area (Å²) in [6.45, 7) is 5.84. The molecule has 1 aliphatic rings. The van der Waals surface area contributed by atoms with Crippen LogP contribution in [0.3, 0.4) is 0 Å². The summed E-state index contributed by atoms with van der Waals surface area (Å²) < 4.78 is 11.0. The summed E-state index contributed by atoms with van der Waals surface area (Å²) in [7, 11) is 0. The van der Waals surface area contributed by atoms with Gasteiger partial charge in [-0.2, -0.15) is 0 Å². The normalized spacial score (nSPS) is 15.4. The molecule has 4 rings (SSSR count). The molecule has 1 saturated heterocycles. The molecule has 2 heterocycles. The van der Waals surface area contributed by atoms with Gasteiger partial charge in [-0.1, -0.05) is 56.3 Å². The first-order valence-electron chi connectivity index (χ1n) is 12.8. The number of nitrogens with zero attached hydrogens (tertiary/aromatic N) is 2. The Morgan fingerprint density at radius 1 is 0.946 bits per heavy atom. The number of fused-ring (bicyclic) bond motifs is 1. The number of oxazole rings is 1. The van der Waals surface area contributed by atoms with Crippen molar-refractivity contribution in [2.45, 2.75) is 45.2 Å². The van der Waals surface area contributed by atoms with Crippen molar-refractivity contribution in [3.8, 4) is 0 Å². The number of Topliss-reactive ketones (excluding diaryl/α,β-unsaturated/α-hetero) is 1. The lowest BCUT2D eigenvalue weighted by Crippen LogP contribution is -2.56. The lowest BCUT2D eigenvalue weighted by molar-refractivity contribution is -0.123. The van der Waals surface area contributed by atoms with Crippen LogP contribution in [0.2, 0.25) is 0 Å². The summed E-state index contributed by atoms with van der Waals surface area (Å²) >= 11 is 0. The van der Waals surface area contributed by atoms with E-state index in [4.69, 9.17) is 9.15 Å². The first-order chi connectivity index (χ1) is 17.9. The maximum atomic E-state index is 13.5. The third-order valence-electron chi connectivity index (χ3n) is 6.32. The number of rotatable bonds is 10. The maximum absolute atomic E-state index is 13.5. The Bertz CT molecular complexity index is 1170. The van der Waals surface area contributed by atoms with Gasteiger partial charge in [0.15, 0.2) is 5.58 Å². The van der Waals surface area contributed by atoms with Gasteiger partial charge in [0.2, 0.25) is 11.7 Å². The van der Waals surface area contributed by atoms with Crippen molar-refractivity contribution in [2.75, 3.05) is 26.3 Å². The monoisotopic (exact) mass is 506 g/mol. The average molecular weight is 507 g/mol. The maximum Gasteiger partial charge on any atom is 0.318 e. The van der Waals surface area contributed by atoms with E-state index in [0.29, 0.717) is 56.7 Å². The zero-order valence-corrected chi connectivity index (χ0v) is 21.3. The summed E-state index contributed by atoms with van der Waals surface area (Å²) in [6.07, 6.45) is 1.37. The molecule has 37 heavy (non-hydrogen) atoms. The van der Waals surface area contributed by atoms with E-state index in [2.05, 4.69) is 15.6 Å². The van der Waals surface area contributed by atoms with Crippen LogP contribution >= 0.6 is 0 Å². The summed E-state index contributed by atoms with van der Waals surface area (Å²) in [4.78, 5) is 45.8. The van der Waals surface area contributed by atoms with Crippen LogP contribution < -0.4 is 10.6 Å². The van der Waals surface area contributed by atoms with Crippen molar-refractivity contribution in [3.63, 3.8) is 0 Å². The smallest absolute Gasteiger partial charge is 0.318 e. The van der Waals surface area contributed by atoms with Gasteiger partial charge in [-0.15, -0.1) is 0 Å². The second-order valence-electron chi connectivity index (χ2n) is 9.67. The Morgan fingerprint density at radius 2 is 1.65 bits per heavy atom. The van der Waals surface area contributed by atoms with E-state index in [1.165, 1.54) is 0 Å². The number of para-hydroxylation sites is 2. The zero-order chi connectivity index (χ0) is 26.2. The van der Waals surface area contributed by atoms with Crippen LogP contribution in [0, 0.1) is 5.92 Å². The molecule has 196 valence electrons. The lowest BCUT2D eigenvalue weighted by atomic mass is 9.99. The van der Waals surface area contributed by atoms with E-state index in [-0.39, 0.29) is 17.8 Å². The van der Waals surface area contributed by atoms with E-state index in [0.717, 1.165) is 5.56 Å². The van der Waals surface area contributed by atoms with Gasteiger partial charge < -0.3 is 24.7 Å². The van der Waals surface area contributed by atoms with Gasteiger partial charge in [0.1, 0.15) is 11.6 Å². The molecule has 1 aromatic heterocycles. The van der Waals surface area contributed by atoms with Crippen molar-refractivity contribution in [1.29, 1.82) is 0 Å². The number of carbonyl (C=O) groups excluding carboxylic acids is 3. The van der Waals surface area contributed by atoms with Crippen LogP contribution in [-0.2, 0) is 16.0 Å². The molecule has 3 amide bonds. The first-order valence-corrected chi connectivity index (χ1v) is 12.8. The van der Waals surface area contributed by atoms with Crippen LogP contribution in [0.5, 0.6) is 0 Å². The van der Waals surface area contributed by atoms with Gasteiger partial charge in [0.25, 0.3) is 5.89 Å². The highest BCUT2D eigenvalue weighted by molar-refractivity contribution is 6.00. The predicted molar refractivity (Wildman–Crippen MR) is 139 cm³/mol. The van der Waals surface area contributed by atoms with Crippen molar-refractivity contribution in [3.05, 3.63) is 66.1 Å². The molecular weight excluding hydrogens is 472 g/mol. The molecule has 0 unspecified atom stereocenters. The quantitative estimate of drug-likeness (QED) is 0.406. The van der Waals surface area contributed by atoms with Gasteiger partial charge >= 0.3 is 6.03 Å². The minimum absolute atomic E-state index is 0.0441. The fourth-order valence-corrected chi connectivity index (χ4v) is 4.33. The molecule has 0 spiro atoms. The SMILES string of the molecule is CC(C)C[C@H](NC(=O)N1CCOCC1)C(=O)N[C@H](CCc1ccccc1)C(=O)c1nc2ccccc2o1. The number of urea groups is 1. The third-order valence-corrected chi connectivity index (χ3v) is 6.32. The lowest BCUT2D eigenvalue weighted by Gasteiger charge is -2.30. The van der Waals surface area contributed by atoms with Gasteiger partial charge in [0, 0.05) is 13.1 Å². The van der Waals surface area contributed by atoms with Crippen LogP contribution in [-0.4, -0.2) is 66.0 Å². The number of morpholine rings is 1. The molecule has 0 bridgehead atoms. The fourth-order valence-electron chi connectivity index (χ4n) is 4.33. The average Bonchev–Trinajstić information content (AvgIpc) is 3.35. The zero-order valence-electron chi connectivity index (χ0n) is 21.3. The summed E-state index contributed by atoms with van der Waals surface area (Å²) in [5.41, 5.74) is 2.13. The Kier molecular flexibility index (Phi) is 8.90. The number of nitrogens with one attached hydrogen (secondary N) is 2. The molecule has 0 saturated carbocycles. The van der Waals surface area contributed by atoms with E-state index in [9.17, 15) is 14.4 Å². The molecule has 1 fully saturated rings. The molecule has 0 aliphatic carbocycles. The summed E-state index contributed by atoms with van der Waals surface area (Å²) in [5.74, 6) is -0.699. The highest BCUT2D eigenvalue weighted by atomic mass is 16.5. The van der Waals surface area contributed by atoms with E-state index < -0.39 is 23.8 Å². The molecule has 0 radical (unpaired) electrons. The van der Waals surface area contributed by atoms with E-state index in [1.807, 2.05) is 56.3 Å². The summed E-state index contributed by atoms with van der Waals surface area (Å²) in [6, 6.07) is 14.9. The van der Waals surface area contributed by atoms with E-state index in [1.54, 1.807) is 17.0 Å². The Morgan fingerprint density at radius 3 is 2.35 bits per heavy atom. The second kappa shape index (κ2) is 12.5. The molecular formula is C28H34N4O5. The van der Waals surface area contributed by atoms with Crippen molar-refractivity contribution in [1.82, 2.24) is 20.5 Å². The number of aromatic nitrogens is 1. The molecule has 2 aromatic carbocycles. The van der Waals surface area contributed by atoms with Gasteiger partial charge in [-0.3, -0.25) is 9.59 Å². The minimum Gasteiger partial charge on any atom is -0.434 e. The van der Waals surface area contributed by atoms with Gasteiger partial charge in [-0.05, 0) is 42.9 Å². The molecule has 2 atom stereocenters. The van der Waals surface area contributed by atoms with Gasteiger partial charge in [0.05, 0.1) is 19.3 Å². The topological polar surface area (TPSA) is 114 Å². The van der Waals surface area contributed by atoms with Crippen LogP contribution in [0.1, 0.15) is 42.9 Å². The van der Waals surface area contributed by atoms with E-state index >= 15 is 0 Å². The molecule has 9 heteroatoms. The van der Waals surface area contributed by atoms with Crippen LogP contribution in [0.25, 0.3) is 11.1 Å². The third kappa shape index (κ3) is 7.16.